The number of hydrogen-bond donors (Lipinski definition) is 1. The molecule has 0 aliphatic carbocycles. The fourth-order valence-corrected chi connectivity index (χ4v) is 5.03. The summed E-state index contributed by atoms with van der Waals surface area (Å²) in [4.78, 5) is 12.6. The first kappa shape index (κ1) is 17.0. The fraction of sp³-hybridized carbons (Fsp3) is 0.471. The van der Waals surface area contributed by atoms with Crippen LogP contribution < -0.4 is 5.32 Å². The predicted molar refractivity (Wildman–Crippen MR) is 92.9 cm³/mol. The first-order valence-electron chi connectivity index (χ1n) is 8.05. The molecule has 2 aromatic rings. The summed E-state index contributed by atoms with van der Waals surface area (Å²) in [5.41, 5.74) is 1.60. The van der Waals surface area contributed by atoms with Crippen LogP contribution in [0.15, 0.2) is 30.5 Å². The molecule has 6 nitrogen and oxygen atoms in total. The summed E-state index contributed by atoms with van der Waals surface area (Å²) in [6.07, 6.45) is 2.46. The highest BCUT2D eigenvalue weighted by atomic mass is 32.2. The normalized spacial score (nSPS) is 19.6. The summed E-state index contributed by atoms with van der Waals surface area (Å²) in [5, 5.41) is 3.79. The van der Waals surface area contributed by atoms with Crippen molar-refractivity contribution in [3.05, 3.63) is 36.0 Å². The molecule has 24 heavy (non-hydrogen) atoms. The number of carbonyl (C=O) groups excluding carboxylic acids is 1. The van der Waals surface area contributed by atoms with E-state index in [0.29, 0.717) is 31.7 Å². The largest absolute Gasteiger partial charge is 0.383 e. The highest BCUT2D eigenvalue weighted by molar-refractivity contribution is 7.91. The summed E-state index contributed by atoms with van der Waals surface area (Å²) >= 11 is 0. The molecule has 0 unspecified atom stereocenters. The third-order valence-corrected chi connectivity index (χ3v) is 6.28. The average molecular weight is 350 g/mol. The van der Waals surface area contributed by atoms with Gasteiger partial charge in [0.05, 0.1) is 23.7 Å². The van der Waals surface area contributed by atoms with Crippen LogP contribution in [-0.4, -0.2) is 50.7 Å². The van der Waals surface area contributed by atoms with Crippen molar-refractivity contribution >= 4 is 26.6 Å². The highest BCUT2D eigenvalue weighted by Crippen LogP contribution is 2.22. The number of carbonyl (C=O) groups is 1. The van der Waals surface area contributed by atoms with E-state index in [1.165, 1.54) is 0 Å². The zero-order valence-corrected chi connectivity index (χ0v) is 14.5. The minimum atomic E-state index is -2.92. The van der Waals surface area contributed by atoms with Gasteiger partial charge in [0, 0.05) is 37.3 Å². The molecular weight excluding hydrogens is 328 g/mol. The molecule has 2 heterocycles. The molecule has 3 rings (SSSR count). The van der Waals surface area contributed by atoms with Gasteiger partial charge in [-0.05, 0) is 18.4 Å². The number of rotatable bonds is 6. The number of nitrogens with one attached hydrogen (secondary N) is 1. The molecule has 1 aliphatic rings. The molecule has 1 aromatic heterocycles. The second-order valence-electron chi connectivity index (χ2n) is 6.23. The van der Waals surface area contributed by atoms with E-state index in [4.69, 9.17) is 4.74 Å². The first-order chi connectivity index (χ1) is 11.5. The van der Waals surface area contributed by atoms with Crippen LogP contribution in [0.5, 0.6) is 0 Å². The SMILES string of the molecule is COCCn1cc(C(=O)NC[C@@H]2CCS(=O)(=O)C2)c2ccccc21. The number of amides is 1. The molecule has 1 aromatic carbocycles. The monoisotopic (exact) mass is 350 g/mol. The number of methoxy groups -OCH3 is 1. The number of fused-ring (bicyclic) bond motifs is 1. The van der Waals surface area contributed by atoms with E-state index in [1.54, 1.807) is 7.11 Å². The van der Waals surface area contributed by atoms with Gasteiger partial charge < -0.3 is 14.6 Å². The van der Waals surface area contributed by atoms with Crippen LogP contribution in [0, 0.1) is 5.92 Å². The predicted octanol–water partition coefficient (Wildman–Crippen LogP) is 1.45. The smallest absolute Gasteiger partial charge is 0.253 e. The number of hydrogen-bond acceptors (Lipinski definition) is 4. The molecule has 130 valence electrons. The first-order valence-corrected chi connectivity index (χ1v) is 9.88. The maximum atomic E-state index is 12.6. The van der Waals surface area contributed by atoms with Crippen LogP contribution in [0.3, 0.4) is 0 Å². The Kier molecular flexibility index (Phi) is 4.91. The quantitative estimate of drug-likeness (QED) is 0.855. The standard InChI is InChI=1S/C17H22N2O4S/c1-23-8-7-19-11-15(14-4-2-3-5-16(14)19)17(20)18-10-13-6-9-24(21,22)12-13/h2-5,11,13H,6-10,12H2,1H3,(H,18,20)/t13-/m0/s1. The summed E-state index contributed by atoms with van der Waals surface area (Å²) in [5.74, 6) is 0.250. The molecule has 1 saturated heterocycles. The Labute approximate surface area is 141 Å². The van der Waals surface area contributed by atoms with Crippen molar-refractivity contribution in [2.24, 2.45) is 5.92 Å². The highest BCUT2D eigenvalue weighted by Gasteiger charge is 2.28. The van der Waals surface area contributed by atoms with Crippen molar-refractivity contribution in [1.29, 1.82) is 0 Å². The molecule has 0 saturated carbocycles. The van der Waals surface area contributed by atoms with Crippen molar-refractivity contribution in [3.8, 4) is 0 Å². The molecule has 1 amide bonds. The van der Waals surface area contributed by atoms with Crippen molar-refractivity contribution < 1.29 is 17.9 Å². The fourth-order valence-electron chi connectivity index (χ4n) is 3.17. The van der Waals surface area contributed by atoms with Gasteiger partial charge in [0.15, 0.2) is 9.84 Å². The molecular formula is C17H22N2O4S. The van der Waals surface area contributed by atoms with Gasteiger partial charge in [-0.15, -0.1) is 0 Å². The van der Waals surface area contributed by atoms with Crippen molar-refractivity contribution in [2.75, 3.05) is 31.8 Å². The molecule has 1 aliphatic heterocycles. The van der Waals surface area contributed by atoms with Crippen LogP contribution in [0.1, 0.15) is 16.8 Å². The number of para-hydroxylation sites is 1. The zero-order chi connectivity index (χ0) is 17.2. The minimum absolute atomic E-state index is 0.0146. The van der Waals surface area contributed by atoms with Gasteiger partial charge in [0.2, 0.25) is 0 Å². The Hall–Kier alpha value is -1.86. The molecule has 1 atom stereocenters. The van der Waals surface area contributed by atoms with Crippen LogP contribution in [0.2, 0.25) is 0 Å². The van der Waals surface area contributed by atoms with Crippen LogP contribution in [0.4, 0.5) is 0 Å². The molecule has 0 bridgehead atoms. The Morgan fingerprint density at radius 3 is 2.88 bits per heavy atom. The molecule has 1 fully saturated rings. The van der Waals surface area contributed by atoms with Gasteiger partial charge >= 0.3 is 0 Å². The van der Waals surface area contributed by atoms with Crippen LogP contribution in [0.25, 0.3) is 10.9 Å². The lowest BCUT2D eigenvalue weighted by Crippen LogP contribution is -2.29. The Bertz CT molecular complexity index is 841. The lowest BCUT2D eigenvalue weighted by molar-refractivity contribution is 0.0949. The van der Waals surface area contributed by atoms with E-state index >= 15 is 0 Å². The van der Waals surface area contributed by atoms with Crippen molar-refractivity contribution in [3.63, 3.8) is 0 Å². The van der Waals surface area contributed by atoms with E-state index in [2.05, 4.69) is 5.32 Å². The van der Waals surface area contributed by atoms with E-state index in [0.717, 1.165) is 10.9 Å². The third-order valence-electron chi connectivity index (χ3n) is 4.45. The minimum Gasteiger partial charge on any atom is -0.383 e. The topological polar surface area (TPSA) is 77.4 Å². The van der Waals surface area contributed by atoms with Gasteiger partial charge in [-0.1, -0.05) is 18.2 Å². The van der Waals surface area contributed by atoms with Gasteiger partial charge in [-0.2, -0.15) is 0 Å². The second kappa shape index (κ2) is 6.94. The summed E-state index contributed by atoms with van der Waals surface area (Å²) in [6.45, 7) is 1.64. The number of ether oxygens (including phenoxy) is 1. The number of sulfone groups is 1. The number of benzene rings is 1. The summed E-state index contributed by atoms with van der Waals surface area (Å²) in [7, 11) is -1.27. The van der Waals surface area contributed by atoms with Crippen LogP contribution >= 0.6 is 0 Å². The maximum absolute atomic E-state index is 12.6. The Morgan fingerprint density at radius 1 is 1.38 bits per heavy atom. The number of aromatic nitrogens is 1. The molecule has 7 heteroatoms. The Balaban J connectivity index is 1.75. The average Bonchev–Trinajstić information content (AvgIpc) is 3.11. The van der Waals surface area contributed by atoms with E-state index in [1.807, 2.05) is 35.0 Å². The van der Waals surface area contributed by atoms with E-state index in [9.17, 15) is 13.2 Å². The zero-order valence-electron chi connectivity index (χ0n) is 13.7. The lowest BCUT2D eigenvalue weighted by Gasteiger charge is -2.09. The molecule has 0 radical (unpaired) electrons. The van der Waals surface area contributed by atoms with E-state index in [-0.39, 0.29) is 23.3 Å². The van der Waals surface area contributed by atoms with Gasteiger partial charge in [0.1, 0.15) is 0 Å². The summed E-state index contributed by atoms with van der Waals surface area (Å²) in [6, 6.07) is 7.75. The van der Waals surface area contributed by atoms with Gasteiger partial charge in [0.25, 0.3) is 5.91 Å². The van der Waals surface area contributed by atoms with Crippen molar-refractivity contribution in [2.45, 2.75) is 13.0 Å². The second-order valence-corrected chi connectivity index (χ2v) is 8.45. The maximum Gasteiger partial charge on any atom is 0.253 e. The van der Waals surface area contributed by atoms with Crippen molar-refractivity contribution in [1.82, 2.24) is 9.88 Å². The van der Waals surface area contributed by atoms with Gasteiger partial charge in [-0.3, -0.25) is 4.79 Å². The Morgan fingerprint density at radius 2 is 2.17 bits per heavy atom. The molecule has 0 spiro atoms. The molecule has 1 N–H and O–H groups in total. The summed E-state index contributed by atoms with van der Waals surface area (Å²) < 4.78 is 30.1. The van der Waals surface area contributed by atoms with E-state index < -0.39 is 9.84 Å². The van der Waals surface area contributed by atoms with Gasteiger partial charge in [-0.25, -0.2) is 8.42 Å². The lowest BCUT2D eigenvalue weighted by atomic mass is 10.1. The van der Waals surface area contributed by atoms with Crippen LogP contribution in [-0.2, 0) is 21.1 Å². The third kappa shape index (κ3) is 3.62. The number of nitrogens with zero attached hydrogens (tertiary/aromatic N) is 1.